The van der Waals surface area contributed by atoms with Crippen molar-refractivity contribution in [3.8, 4) is 0 Å². The van der Waals surface area contributed by atoms with Gasteiger partial charge in [0.25, 0.3) is 0 Å². The van der Waals surface area contributed by atoms with Gasteiger partial charge in [-0.15, -0.1) is 0 Å². The fraction of sp³-hybridized carbons (Fsp3) is 0.500. The number of benzene rings is 1. The molecule has 122 valence electrons. The van der Waals surface area contributed by atoms with Gasteiger partial charge in [-0.05, 0) is 56.3 Å². The lowest BCUT2D eigenvalue weighted by molar-refractivity contribution is 0.0428. The third-order valence-corrected chi connectivity index (χ3v) is 4.62. The zero-order valence-electron chi connectivity index (χ0n) is 12.9. The van der Waals surface area contributed by atoms with Crippen molar-refractivity contribution >= 4 is 43.8 Å². The molecule has 0 aromatic heterocycles. The maximum Gasteiger partial charge on any atom is 0.339 e. The van der Waals surface area contributed by atoms with E-state index in [9.17, 15) is 9.59 Å². The Labute approximate surface area is 147 Å². The molecule has 0 bridgehead atoms. The second-order valence-electron chi connectivity index (χ2n) is 5.29. The SMILES string of the molecule is CCCCOC(=O)c1cc(Br)c(Br)cc1C(=O)OCC(C)C. The van der Waals surface area contributed by atoms with E-state index in [0.717, 1.165) is 12.8 Å². The lowest BCUT2D eigenvalue weighted by Crippen LogP contribution is -2.16. The van der Waals surface area contributed by atoms with E-state index in [0.29, 0.717) is 22.2 Å². The molecule has 0 amide bonds. The van der Waals surface area contributed by atoms with Gasteiger partial charge in [0, 0.05) is 8.95 Å². The van der Waals surface area contributed by atoms with Crippen molar-refractivity contribution in [2.45, 2.75) is 33.6 Å². The molecule has 0 aliphatic heterocycles. The fourth-order valence-electron chi connectivity index (χ4n) is 1.59. The maximum absolute atomic E-state index is 12.2. The summed E-state index contributed by atoms with van der Waals surface area (Å²) < 4.78 is 11.8. The summed E-state index contributed by atoms with van der Waals surface area (Å²) in [5.74, 6) is -0.815. The van der Waals surface area contributed by atoms with Gasteiger partial charge in [-0.2, -0.15) is 0 Å². The Morgan fingerprint density at radius 2 is 1.55 bits per heavy atom. The average molecular weight is 436 g/mol. The zero-order valence-corrected chi connectivity index (χ0v) is 16.1. The molecule has 0 saturated heterocycles. The maximum atomic E-state index is 12.2. The van der Waals surface area contributed by atoms with Crippen molar-refractivity contribution in [1.82, 2.24) is 0 Å². The molecular weight excluding hydrogens is 416 g/mol. The van der Waals surface area contributed by atoms with Crippen LogP contribution in [0.15, 0.2) is 21.1 Å². The predicted molar refractivity (Wildman–Crippen MR) is 92.2 cm³/mol. The van der Waals surface area contributed by atoms with E-state index in [-0.39, 0.29) is 17.0 Å². The molecule has 22 heavy (non-hydrogen) atoms. The quantitative estimate of drug-likeness (QED) is 0.447. The van der Waals surface area contributed by atoms with Crippen LogP contribution in [-0.4, -0.2) is 25.2 Å². The Morgan fingerprint density at radius 3 is 2.00 bits per heavy atom. The molecule has 1 rings (SSSR count). The van der Waals surface area contributed by atoms with Gasteiger partial charge in [-0.1, -0.05) is 27.2 Å². The fourth-order valence-corrected chi connectivity index (χ4v) is 2.28. The number of hydrogen-bond donors (Lipinski definition) is 0. The average Bonchev–Trinajstić information content (AvgIpc) is 2.47. The zero-order chi connectivity index (χ0) is 16.7. The highest BCUT2D eigenvalue weighted by Crippen LogP contribution is 2.28. The number of esters is 2. The second kappa shape index (κ2) is 9.30. The van der Waals surface area contributed by atoms with E-state index < -0.39 is 11.9 Å². The molecule has 0 spiro atoms. The minimum absolute atomic E-state index is 0.206. The van der Waals surface area contributed by atoms with Gasteiger partial charge >= 0.3 is 11.9 Å². The van der Waals surface area contributed by atoms with Gasteiger partial charge in [-0.3, -0.25) is 0 Å². The Balaban J connectivity index is 3.01. The van der Waals surface area contributed by atoms with E-state index >= 15 is 0 Å². The largest absolute Gasteiger partial charge is 0.462 e. The first kappa shape index (κ1) is 19.2. The van der Waals surface area contributed by atoms with Crippen molar-refractivity contribution in [1.29, 1.82) is 0 Å². The van der Waals surface area contributed by atoms with E-state index in [1.807, 2.05) is 20.8 Å². The summed E-state index contributed by atoms with van der Waals surface area (Å²) in [6, 6.07) is 3.15. The highest BCUT2D eigenvalue weighted by Gasteiger charge is 2.22. The van der Waals surface area contributed by atoms with Crippen LogP contribution in [0.25, 0.3) is 0 Å². The number of carbonyl (C=O) groups is 2. The molecule has 0 heterocycles. The summed E-state index contributed by atoms with van der Waals surface area (Å²) in [6.45, 7) is 6.55. The first-order chi connectivity index (χ1) is 10.4. The van der Waals surface area contributed by atoms with Crippen LogP contribution in [0.3, 0.4) is 0 Å². The van der Waals surface area contributed by atoms with Gasteiger partial charge in [-0.25, -0.2) is 9.59 Å². The summed E-state index contributed by atoms with van der Waals surface area (Å²) in [5.41, 5.74) is 0.414. The van der Waals surface area contributed by atoms with Gasteiger partial charge in [0.2, 0.25) is 0 Å². The van der Waals surface area contributed by atoms with Crippen molar-refractivity contribution in [3.63, 3.8) is 0 Å². The second-order valence-corrected chi connectivity index (χ2v) is 7.00. The van der Waals surface area contributed by atoms with E-state index in [4.69, 9.17) is 9.47 Å². The molecule has 0 unspecified atom stereocenters. The number of carbonyl (C=O) groups excluding carboxylic acids is 2. The van der Waals surface area contributed by atoms with Crippen LogP contribution >= 0.6 is 31.9 Å². The number of unbranched alkanes of at least 4 members (excludes halogenated alkanes) is 1. The molecule has 0 atom stereocenters. The number of ether oxygens (including phenoxy) is 2. The molecule has 0 N–H and O–H groups in total. The Kier molecular flexibility index (Phi) is 8.10. The van der Waals surface area contributed by atoms with Crippen molar-refractivity contribution in [3.05, 3.63) is 32.2 Å². The Bertz CT molecular complexity index is 541. The Hall–Kier alpha value is -0.880. The summed E-state index contributed by atoms with van der Waals surface area (Å²) in [4.78, 5) is 24.4. The van der Waals surface area contributed by atoms with Gasteiger partial charge in [0.1, 0.15) is 0 Å². The normalized spacial score (nSPS) is 10.6. The standard InChI is InChI=1S/C16H20Br2O4/c1-4-5-6-21-15(19)11-7-13(17)14(18)8-12(11)16(20)22-9-10(2)3/h7-8,10H,4-6,9H2,1-3H3. The van der Waals surface area contributed by atoms with Gasteiger partial charge in [0.15, 0.2) is 0 Å². The topological polar surface area (TPSA) is 52.6 Å². The molecule has 1 aromatic carbocycles. The molecule has 0 fully saturated rings. The summed E-state index contributed by atoms with van der Waals surface area (Å²) in [6.07, 6.45) is 1.72. The highest BCUT2D eigenvalue weighted by atomic mass is 79.9. The molecule has 4 nitrogen and oxygen atoms in total. The summed E-state index contributed by atoms with van der Waals surface area (Å²) in [7, 11) is 0. The molecule has 1 aromatic rings. The van der Waals surface area contributed by atoms with Crippen LogP contribution in [-0.2, 0) is 9.47 Å². The lowest BCUT2D eigenvalue weighted by atomic mass is 10.1. The minimum atomic E-state index is -0.524. The molecule has 0 radical (unpaired) electrons. The van der Waals surface area contributed by atoms with E-state index in [1.165, 1.54) is 0 Å². The van der Waals surface area contributed by atoms with Crippen molar-refractivity contribution in [2.75, 3.05) is 13.2 Å². The van der Waals surface area contributed by atoms with Crippen LogP contribution in [0.5, 0.6) is 0 Å². The van der Waals surface area contributed by atoms with Crippen molar-refractivity contribution in [2.24, 2.45) is 5.92 Å². The molecule has 0 aliphatic rings. The van der Waals surface area contributed by atoms with Gasteiger partial charge < -0.3 is 9.47 Å². The van der Waals surface area contributed by atoms with Crippen LogP contribution in [0.4, 0.5) is 0 Å². The first-order valence-corrected chi connectivity index (χ1v) is 8.78. The third-order valence-electron chi connectivity index (χ3n) is 2.78. The lowest BCUT2D eigenvalue weighted by Gasteiger charge is -2.12. The van der Waals surface area contributed by atoms with Crippen LogP contribution in [0, 0.1) is 5.92 Å². The Morgan fingerprint density at radius 1 is 1.05 bits per heavy atom. The van der Waals surface area contributed by atoms with Crippen LogP contribution in [0.1, 0.15) is 54.3 Å². The van der Waals surface area contributed by atoms with Crippen molar-refractivity contribution < 1.29 is 19.1 Å². The van der Waals surface area contributed by atoms with Crippen LogP contribution < -0.4 is 0 Å². The van der Waals surface area contributed by atoms with E-state index in [1.54, 1.807) is 12.1 Å². The molecule has 0 saturated carbocycles. The van der Waals surface area contributed by atoms with E-state index in [2.05, 4.69) is 31.9 Å². The summed E-state index contributed by atoms with van der Waals surface area (Å²) in [5, 5.41) is 0. The monoisotopic (exact) mass is 434 g/mol. The highest BCUT2D eigenvalue weighted by molar-refractivity contribution is 9.13. The number of halogens is 2. The molecule has 6 heteroatoms. The smallest absolute Gasteiger partial charge is 0.339 e. The number of rotatable bonds is 7. The predicted octanol–water partition coefficient (Wildman–Crippen LogP) is 4.98. The number of hydrogen-bond acceptors (Lipinski definition) is 4. The van der Waals surface area contributed by atoms with Crippen LogP contribution in [0.2, 0.25) is 0 Å². The summed E-state index contributed by atoms with van der Waals surface area (Å²) >= 11 is 6.67. The first-order valence-electron chi connectivity index (χ1n) is 7.20. The molecule has 0 aliphatic carbocycles. The third kappa shape index (κ3) is 5.72. The van der Waals surface area contributed by atoms with Gasteiger partial charge in [0.05, 0.1) is 24.3 Å². The minimum Gasteiger partial charge on any atom is -0.462 e. The molecular formula is C16H20Br2O4.